The zero-order valence-electron chi connectivity index (χ0n) is 17.2. The molecule has 0 bridgehead atoms. The van der Waals surface area contributed by atoms with E-state index in [-0.39, 0.29) is 12.5 Å². The Morgan fingerprint density at radius 2 is 1.94 bits per heavy atom. The highest BCUT2D eigenvalue weighted by molar-refractivity contribution is 5.96. The molecule has 31 heavy (non-hydrogen) atoms. The lowest BCUT2D eigenvalue weighted by Gasteiger charge is -2.21. The van der Waals surface area contributed by atoms with Gasteiger partial charge in [0.05, 0.1) is 12.1 Å². The predicted molar refractivity (Wildman–Crippen MR) is 121 cm³/mol. The first-order valence-electron chi connectivity index (χ1n) is 10.3. The van der Waals surface area contributed by atoms with E-state index in [4.69, 9.17) is 9.97 Å². The molecule has 3 heterocycles. The number of carbonyl (C=O) groups is 1. The summed E-state index contributed by atoms with van der Waals surface area (Å²) in [5.41, 5.74) is 4.50. The van der Waals surface area contributed by atoms with E-state index in [2.05, 4.69) is 15.3 Å². The standard InChI is InChI=1S/C24H22N6O/c1-30(15-22(31)27-17-11-10-16-6-5-13-26-21(16)14-17)24-18-7-4-9-19(18)28-23(29-24)20-8-2-3-12-25-20/h2-3,5-6,8,10-14H,4,7,9,15H2,1H3,(H,27,31). The molecule has 7 heteroatoms. The Balaban J connectivity index is 1.37. The monoisotopic (exact) mass is 410 g/mol. The zero-order chi connectivity index (χ0) is 21.2. The molecule has 154 valence electrons. The predicted octanol–water partition coefficient (Wildman–Crippen LogP) is 3.65. The molecule has 3 aromatic heterocycles. The lowest BCUT2D eigenvalue weighted by Crippen LogP contribution is -2.31. The van der Waals surface area contributed by atoms with Crippen LogP contribution in [0, 0.1) is 0 Å². The van der Waals surface area contributed by atoms with Crippen LogP contribution in [0.25, 0.3) is 22.4 Å². The topological polar surface area (TPSA) is 83.9 Å². The summed E-state index contributed by atoms with van der Waals surface area (Å²) in [6.07, 6.45) is 6.38. The number of fused-ring (bicyclic) bond motifs is 2. The van der Waals surface area contributed by atoms with E-state index < -0.39 is 0 Å². The van der Waals surface area contributed by atoms with Crippen molar-refractivity contribution in [1.29, 1.82) is 0 Å². The number of pyridine rings is 2. The minimum atomic E-state index is -0.109. The molecule has 1 amide bonds. The Hall–Kier alpha value is -3.87. The number of carbonyl (C=O) groups excluding carboxylic acids is 1. The number of aromatic nitrogens is 4. The molecule has 0 saturated carbocycles. The summed E-state index contributed by atoms with van der Waals surface area (Å²) >= 11 is 0. The minimum absolute atomic E-state index is 0.109. The summed E-state index contributed by atoms with van der Waals surface area (Å²) < 4.78 is 0. The first kappa shape index (κ1) is 19.1. The molecule has 1 N–H and O–H groups in total. The van der Waals surface area contributed by atoms with Gasteiger partial charge in [-0.05, 0) is 49.6 Å². The first-order chi connectivity index (χ1) is 15.2. The molecule has 0 unspecified atom stereocenters. The van der Waals surface area contributed by atoms with Crippen LogP contribution in [0.15, 0.2) is 60.9 Å². The van der Waals surface area contributed by atoms with Crippen molar-refractivity contribution in [2.45, 2.75) is 19.3 Å². The molecule has 0 fully saturated rings. The van der Waals surface area contributed by atoms with Crippen molar-refractivity contribution < 1.29 is 4.79 Å². The molecule has 1 aromatic carbocycles. The third-order valence-corrected chi connectivity index (χ3v) is 5.44. The summed E-state index contributed by atoms with van der Waals surface area (Å²) in [5, 5.41) is 4.01. The van der Waals surface area contributed by atoms with Crippen molar-refractivity contribution in [3.8, 4) is 11.5 Å². The molecular weight excluding hydrogens is 388 g/mol. The van der Waals surface area contributed by atoms with Crippen LogP contribution in [0.5, 0.6) is 0 Å². The Kier molecular flexibility index (Phi) is 5.00. The van der Waals surface area contributed by atoms with Gasteiger partial charge in [0.2, 0.25) is 5.91 Å². The third kappa shape index (κ3) is 3.94. The van der Waals surface area contributed by atoms with Gasteiger partial charge in [0.1, 0.15) is 11.5 Å². The van der Waals surface area contributed by atoms with Crippen LogP contribution in [0.1, 0.15) is 17.7 Å². The van der Waals surface area contributed by atoms with Crippen molar-refractivity contribution in [1.82, 2.24) is 19.9 Å². The Labute approximate surface area is 180 Å². The van der Waals surface area contributed by atoms with Gasteiger partial charge < -0.3 is 10.2 Å². The van der Waals surface area contributed by atoms with Gasteiger partial charge in [0.15, 0.2) is 5.82 Å². The summed E-state index contributed by atoms with van der Waals surface area (Å²) in [7, 11) is 1.89. The van der Waals surface area contributed by atoms with E-state index in [9.17, 15) is 4.79 Å². The van der Waals surface area contributed by atoms with Gasteiger partial charge in [-0.15, -0.1) is 0 Å². The van der Waals surface area contributed by atoms with Crippen LogP contribution in [-0.4, -0.2) is 39.4 Å². The number of hydrogen-bond donors (Lipinski definition) is 1. The summed E-state index contributed by atoms with van der Waals surface area (Å²) in [6.45, 7) is 0.186. The molecule has 4 aromatic rings. The van der Waals surface area contributed by atoms with Gasteiger partial charge >= 0.3 is 0 Å². The molecule has 0 saturated heterocycles. The second-order valence-electron chi connectivity index (χ2n) is 7.68. The van der Waals surface area contributed by atoms with Gasteiger partial charge in [0, 0.05) is 41.8 Å². The van der Waals surface area contributed by atoms with Crippen LogP contribution < -0.4 is 10.2 Å². The maximum atomic E-state index is 12.8. The van der Waals surface area contributed by atoms with Crippen LogP contribution in [0.4, 0.5) is 11.5 Å². The van der Waals surface area contributed by atoms with Crippen molar-refractivity contribution in [2.24, 2.45) is 0 Å². The highest BCUT2D eigenvalue weighted by Gasteiger charge is 2.23. The van der Waals surface area contributed by atoms with Gasteiger partial charge in [-0.3, -0.25) is 14.8 Å². The highest BCUT2D eigenvalue weighted by Crippen LogP contribution is 2.30. The number of rotatable bonds is 5. The number of hydrogen-bond acceptors (Lipinski definition) is 6. The van der Waals surface area contributed by atoms with Crippen LogP contribution in [0.3, 0.4) is 0 Å². The van der Waals surface area contributed by atoms with Crippen LogP contribution in [0.2, 0.25) is 0 Å². The number of nitrogens with one attached hydrogen (secondary N) is 1. The SMILES string of the molecule is CN(CC(=O)Nc1ccc2cccnc2c1)c1nc(-c2ccccn2)nc2c1CCC2. The molecule has 0 spiro atoms. The Morgan fingerprint density at radius 1 is 1.03 bits per heavy atom. The van der Waals surface area contributed by atoms with E-state index >= 15 is 0 Å². The van der Waals surface area contributed by atoms with Crippen LogP contribution >= 0.6 is 0 Å². The highest BCUT2D eigenvalue weighted by atomic mass is 16.2. The number of nitrogens with zero attached hydrogens (tertiary/aromatic N) is 5. The smallest absolute Gasteiger partial charge is 0.243 e. The first-order valence-corrected chi connectivity index (χ1v) is 10.3. The molecule has 0 radical (unpaired) electrons. The lowest BCUT2D eigenvalue weighted by molar-refractivity contribution is -0.114. The van der Waals surface area contributed by atoms with Gasteiger partial charge in [-0.25, -0.2) is 9.97 Å². The molecule has 1 aliphatic carbocycles. The van der Waals surface area contributed by atoms with Gasteiger partial charge in [-0.2, -0.15) is 0 Å². The Bertz CT molecular complexity index is 1260. The zero-order valence-corrected chi connectivity index (χ0v) is 17.2. The normalized spacial score (nSPS) is 12.5. The van der Waals surface area contributed by atoms with Crippen molar-refractivity contribution in [3.63, 3.8) is 0 Å². The average Bonchev–Trinajstić information content (AvgIpc) is 3.27. The summed E-state index contributed by atoms with van der Waals surface area (Å²) in [6, 6.07) is 15.3. The van der Waals surface area contributed by atoms with Crippen molar-refractivity contribution in [3.05, 3.63) is 72.2 Å². The second-order valence-corrected chi connectivity index (χ2v) is 7.68. The maximum Gasteiger partial charge on any atom is 0.243 e. The van der Waals surface area contributed by atoms with Gasteiger partial charge in [-0.1, -0.05) is 18.2 Å². The summed E-state index contributed by atoms with van der Waals surface area (Å²) in [5.74, 6) is 1.30. The minimum Gasteiger partial charge on any atom is -0.350 e. The fourth-order valence-electron chi connectivity index (χ4n) is 3.97. The number of aryl methyl sites for hydroxylation is 1. The fourth-order valence-corrected chi connectivity index (χ4v) is 3.97. The molecule has 5 rings (SSSR count). The third-order valence-electron chi connectivity index (χ3n) is 5.44. The number of anilines is 2. The van der Waals surface area contributed by atoms with E-state index in [1.807, 2.05) is 60.5 Å². The molecule has 0 atom stereocenters. The van der Waals surface area contributed by atoms with Crippen molar-refractivity contribution >= 4 is 28.3 Å². The fraction of sp³-hybridized carbons (Fsp3) is 0.208. The van der Waals surface area contributed by atoms with Crippen LogP contribution in [-0.2, 0) is 17.6 Å². The van der Waals surface area contributed by atoms with E-state index in [0.717, 1.165) is 58.6 Å². The summed E-state index contributed by atoms with van der Waals surface area (Å²) in [4.78, 5) is 32.9. The average molecular weight is 410 g/mol. The van der Waals surface area contributed by atoms with E-state index in [1.165, 1.54) is 0 Å². The molecule has 7 nitrogen and oxygen atoms in total. The van der Waals surface area contributed by atoms with Gasteiger partial charge in [0.25, 0.3) is 0 Å². The largest absolute Gasteiger partial charge is 0.350 e. The quantitative estimate of drug-likeness (QED) is 0.541. The molecule has 0 aliphatic heterocycles. The van der Waals surface area contributed by atoms with E-state index in [0.29, 0.717) is 5.82 Å². The number of benzene rings is 1. The molecular formula is C24H22N6O. The lowest BCUT2D eigenvalue weighted by atomic mass is 10.2. The van der Waals surface area contributed by atoms with E-state index in [1.54, 1.807) is 12.4 Å². The number of amides is 1. The molecule has 1 aliphatic rings. The Morgan fingerprint density at radius 3 is 2.81 bits per heavy atom. The number of likely N-dealkylation sites (N-methyl/N-ethyl adjacent to an activating group) is 1. The maximum absolute atomic E-state index is 12.8. The second kappa shape index (κ2) is 8.10. The van der Waals surface area contributed by atoms with Crippen molar-refractivity contribution in [2.75, 3.05) is 23.8 Å².